The number of aromatic nitrogens is 2. The number of benzene rings is 1. The number of rotatable bonds is 3. The molecule has 10 heteroatoms. The molecule has 28 heavy (non-hydrogen) atoms. The molecule has 8 nitrogen and oxygen atoms in total. The number of sulfonamides is 1. The predicted molar refractivity (Wildman–Crippen MR) is 109 cm³/mol. The highest BCUT2D eigenvalue weighted by molar-refractivity contribution is 7.93. The lowest BCUT2D eigenvalue weighted by atomic mass is 10.1. The molecule has 0 radical (unpaired) electrons. The largest absolute Gasteiger partial charge is 0.336 e. The fourth-order valence-corrected chi connectivity index (χ4v) is 5.31. The van der Waals surface area contributed by atoms with Crippen LogP contribution in [0.2, 0.25) is 0 Å². The Labute approximate surface area is 171 Å². The summed E-state index contributed by atoms with van der Waals surface area (Å²) in [6, 6.07) is 6.72. The van der Waals surface area contributed by atoms with Gasteiger partial charge in [-0.25, -0.2) is 13.4 Å². The molecule has 0 spiro atoms. The van der Waals surface area contributed by atoms with Crippen LogP contribution in [-0.4, -0.2) is 60.7 Å². The summed E-state index contributed by atoms with van der Waals surface area (Å²) >= 11 is 0. The highest BCUT2D eigenvalue weighted by Gasteiger charge is 2.32. The van der Waals surface area contributed by atoms with E-state index in [2.05, 4.69) is 10.3 Å². The third kappa shape index (κ3) is 3.74. The Bertz CT molecular complexity index is 944. The molecule has 0 saturated carbocycles. The van der Waals surface area contributed by atoms with E-state index in [-0.39, 0.29) is 30.1 Å². The number of carbonyl (C=O) groups excluding carboxylic acids is 1. The second kappa shape index (κ2) is 8.10. The van der Waals surface area contributed by atoms with Crippen LogP contribution >= 0.6 is 12.4 Å². The van der Waals surface area contributed by atoms with Crippen molar-refractivity contribution in [2.45, 2.75) is 12.5 Å². The molecule has 152 valence electrons. The van der Waals surface area contributed by atoms with Crippen LogP contribution in [0.3, 0.4) is 0 Å². The fraction of sp³-hybridized carbons (Fsp3) is 0.444. The molecule has 1 aromatic heterocycles. The summed E-state index contributed by atoms with van der Waals surface area (Å²) in [6.45, 7) is 2.48. The lowest BCUT2D eigenvalue weighted by Crippen LogP contribution is -2.49. The quantitative estimate of drug-likeness (QED) is 0.797. The monoisotopic (exact) mass is 425 g/mol. The minimum absolute atomic E-state index is 0. The number of amides is 1. The minimum Gasteiger partial charge on any atom is -0.336 e. The molecular weight excluding hydrogens is 402 g/mol. The molecular formula is C18H24ClN5O3S. The SMILES string of the molecule is Cl.Cn1ccnc1C1CNCCN1C(=O)c1ccc(N2CCCS2(=O)=O)cc1. The average Bonchev–Trinajstić information content (AvgIpc) is 3.26. The van der Waals surface area contributed by atoms with Gasteiger partial charge in [0.25, 0.3) is 5.91 Å². The molecule has 1 atom stereocenters. The predicted octanol–water partition coefficient (Wildman–Crippen LogP) is 1.17. The van der Waals surface area contributed by atoms with Crippen molar-refractivity contribution in [3.05, 3.63) is 48.0 Å². The first kappa shape index (κ1) is 20.6. The molecule has 1 aromatic carbocycles. The van der Waals surface area contributed by atoms with E-state index in [9.17, 15) is 13.2 Å². The Morgan fingerprint density at radius 2 is 1.96 bits per heavy atom. The first-order valence-electron chi connectivity index (χ1n) is 9.07. The van der Waals surface area contributed by atoms with E-state index in [4.69, 9.17) is 0 Å². The van der Waals surface area contributed by atoms with Gasteiger partial charge in [-0.2, -0.15) is 0 Å². The van der Waals surface area contributed by atoms with Crippen LogP contribution in [0.5, 0.6) is 0 Å². The number of aryl methyl sites for hydroxylation is 1. The summed E-state index contributed by atoms with van der Waals surface area (Å²) < 4.78 is 27.5. The smallest absolute Gasteiger partial charge is 0.254 e. The summed E-state index contributed by atoms with van der Waals surface area (Å²) in [7, 11) is -1.30. The van der Waals surface area contributed by atoms with Gasteiger partial charge < -0.3 is 14.8 Å². The topological polar surface area (TPSA) is 87.5 Å². The molecule has 1 unspecified atom stereocenters. The molecule has 1 amide bonds. The van der Waals surface area contributed by atoms with Gasteiger partial charge in [0.1, 0.15) is 11.9 Å². The van der Waals surface area contributed by atoms with Gasteiger partial charge in [-0.05, 0) is 30.7 Å². The van der Waals surface area contributed by atoms with Crippen molar-refractivity contribution in [3.8, 4) is 0 Å². The van der Waals surface area contributed by atoms with Crippen LogP contribution in [-0.2, 0) is 17.1 Å². The van der Waals surface area contributed by atoms with Crippen molar-refractivity contribution in [2.75, 3.05) is 36.2 Å². The summed E-state index contributed by atoms with van der Waals surface area (Å²) in [5.41, 5.74) is 1.17. The molecule has 2 aliphatic heterocycles. The van der Waals surface area contributed by atoms with Crippen LogP contribution in [0.1, 0.15) is 28.6 Å². The van der Waals surface area contributed by atoms with Crippen molar-refractivity contribution in [1.82, 2.24) is 19.8 Å². The van der Waals surface area contributed by atoms with E-state index in [1.54, 1.807) is 30.5 Å². The van der Waals surface area contributed by atoms with Crippen LogP contribution in [0.15, 0.2) is 36.7 Å². The Hall–Kier alpha value is -2.10. The Morgan fingerprint density at radius 1 is 1.21 bits per heavy atom. The molecule has 3 heterocycles. The van der Waals surface area contributed by atoms with E-state index in [1.165, 1.54) is 4.31 Å². The van der Waals surface area contributed by atoms with Crippen LogP contribution in [0, 0.1) is 0 Å². The Balaban J connectivity index is 0.00000225. The van der Waals surface area contributed by atoms with Gasteiger partial charge in [-0.3, -0.25) is 9.10 Å². The molecule has 2 aliphatic rings. The number of nitrogens with zero attached hydrogens (tertiary/aromatic N) is 4. The maximum Gasteiger partial charge on any atom is 0.254 e. The zero-order valence-corrected chi connectivity index (χ0v) is 17.2. The van der Waals surface area contributed by atoms with Gasteiger partial charge in [-0.15, -0.1) is 12.4 Å². The molecule has 2 saturated heterocycles. The summed E-state index contributed by atoms with van der Waals surface area (Å²) in [4.78, 5) is 19.3. The van der Waals surface area contributed by atoms with Crippen molar-refractivity contribution in [1.29, 1.82) is 0 Å². The number of nitrogens with one attached hydrogen (secondary N) is 1. The standard InChI is InChI=1S/C18H23N5O3S.ClH/c1-21-10-8-20-17(21)16-13-19-7-11-22(16)18(24)14-3-5-15(6-4-14)23-9-2-12-27(23,25)26;/h3-6,8,10,16,19H,2,7,9,11-13H2,1H3;1H. The average molecular weight is 426 g/mol. The molecule has 2 aromatic rings. The van der Waals surface area contributed by atoms with Crippen molar-refractivity contribution >= 4 is 34.0 Å². The third-order valence-electron chi connectivity index (χ3n) is 5.16. The van der Waals surface area contributed by atoms with Gasteiger partial charge in [0.2, 0.25) is 10.0 Å². The van der Waals surface area contributed by atoms with Gasteiger partial charge >= 0.3 is 0 Å². The van der Waals surface area contributed by atoms with Crippen molar-refractivity contribution in [2.24, 2.45) is 7.05 Å². The number of carbonyl (C=O) groups is 1. The number of piperazine rings is 1. The molecule has 2 fully saturated rings. The molecule has 0 bridgehead atoms. The first-order chi connectivity index (χ1) is 13.0. The summed E-state index contributed by atoms with van der Waals surface area (Å²) in [5, 5.41) is 3.32. The van der Waals surface area contributed by atoms with Crippen molar-refractivity contribution in [3.63, 3.8) is 0 Å². The maximum absolute atomic E-state index is 13.1. The Kier molecular flexibility index (Phi) is 5.97. The zero-order chi connectivity index (χ0) is 19.0. The fourth-order valence-electron chi connectivity index (χ4n) is 3.74. The molecule has 0 aliphatic carbocycles. The number of hydrogen-bond donors (Lipinski definition) is 1. The maximum atomic E-state index is 13.1. The number of anilines is 1. The van der Waals surface area contributed by atoms with Gasteiger partial charge in [-0.1, -0.05) is 0 Å². The van der Waals surface area contributed by atoms with Crippen molar-refractivity contribution < 1.29 is 13.2 Å². The lowest BCUT2D eigenvalue weighted by Gasteiger charge is -2.35. The summed E-state index contributed by atoms with van der Waals surface area (Å²) in [6.07, 6.45) is 4.24. The number of imidazole rings is 1. The first-order valence-corrected chi connectivity index (χ1v) is 10.7. The molecule has 1 N–H and O–H groups in total. The van der Waals surface area contributed by atoms with Gasteiger partial charge in [0.05, 0.1) is 11.4 Å². The zero-order valence-electron chi connectivity index (χ0n) is 15.6. The highest BCUT2D eigenvalue weighted by atomic mass is 35.5. The third-order valence-corrected chi connectivity index (χ3v) is 7.03. The van der Waals surface area contributed by atoms with E-state index in [0.717, 1.165) is 12.4 Å². The van der Waals surface area contributed by atoms with Gasteiger partial charge in [0.15, 0.2) is 0 Å². The minimum atomic E-state index is -3.22. The van der Waals surface area contributed by atoms with E-state index in [1.807, 2.05) is 22.7 Å². The second-order valence-corrected chi connectivity index (χ2v) is 8.92. The van der Waals surface area contributed by atoms with Crippen LogP contribution in [0.4, 0.5) is 5.69 Å². The lowest BCUT2D eigenvalue weighted by molar-refractivity contribution is 0.0621. The normalized spacial score (nSPS) is 21.4. The highest BCUT2D eigenvalue weighted by Crippen LogP contribution is 2.26. The number of halogens is 1. The van der Waals surface area contributed by atoms with E-state index >= 15 is 0 Å². The summed E-state index contributed by atoms with van der Waals surface area (Å²) in [5.74, 6) is 0.954. The Morgan fingerprint density at radius 3 is 2.57 bits per heavy atom. The number of hydrogen-bond acceptors (Lipinski definition) is 5. The second-order valence-electron chi connectivity index (χ2n) is 6.90. The van der Waals surface area contributed by atoms with Crippen LogP contribution in [0.25, 0.3) is 0 Å². The van der Waals surface area contributed by atoms with Crippen LogP contribution < -0.4 is 9.62 Å². The molecule has 4 rings (SSSR count). The van der Waals surface area contributed by atoms with E-state index in [0.29, 0.717) is 37.3 Å². The van der Waals surface area contributed by atoms with E-state index < -0.39 is 10.0 Å². The van der Waals surface area contributed by atoms with Gasteiger partial charge in [0, 0.05) is 51.2 Å².